The van der Waals surface area contributed by atoms with Gasteiger partial charge in [-0.25, -0.2) is 4.99 Å². The Hall–Kier alpha value is -2.77. The summed E-state index contributed by atoms with van der Waals surface area (Å²) in [5, 5.41) is 9.97. The number of nitrogens with one attached hydrogen (secondary N) is 1. The van der Waals surface area contributed by atoms with Crippen LogP contribution in [0.2, 0.25) is 20.1 Å². The summed E-state index contributed by atoms with van der Waals surface area (Å²) in [4.78, 5) is 20.5. The van der Waals surface area contributed by atoms with Crippen molar-refractivity contribution < 1.29 is 4.79 Å². The van der Waals surface area contributed by atoms with Crippen molar-refractivity contribution in [2.24, 2.45) is 10.1 Å². The fraction of sp³-hybridized carbons (Fsp3) is 0.192. The lowest BCUT2D eigenvalue weighted by atomic mass is 10.1. The summed E-state index contributed by atoms with van der Waals surface area (Å²) in [5.74, 6) is -0.287. The van der Waals surface area contributed by atoms with Gasteiger partial charge in [-0.05, 0) is 74.4 Å². The number of aryl methyl sites for hydroxylation is 2. The highest BCUT2D eigenvalue weighted by Gasteiger charge is 2.36. The van der Waals surface area contributed by atoms with E-state index in [4.69, 9.17) is 51.4 Å². The van der Waals surface area contributed by atoms with E-state index in [0.29, 0.717) is 21.4 Å². The van der Waals surface area contributed by atoms with Crippen LogP contribution in [0.15, 0.2) is 58.6 Å². The fourth-order valence-electron chi connectivity index (χ4n) is 3.64. The number of aliphatic imine (C=N–C) groups is 1. The highest BCUT2D eigenvalue weighted by atomic mass is 35.5. The van der Waals surface area contributed by atoms with Crippen LogP contribution in [0, 0.1) is 13.8 Å². The molecule has 36 heavy (non-hydrogen) atoms. The smallest absolute Gasteiger partial charge is 0.301 e. The number of nitrogens with zero attached hydrogens (tertiary/aromatic N) is 4. The monoisotopic (exact) mass is 561 g/mol. The number of hydrazone groups is 1. The third-order valence-electron chi connectivity index (χ3n) is 5.72. The summed E-state index contributed by atoms with van der Waals surface area (Å²) in [6.07, 6.45) is 0. The molecule has 3 aromatic rings. The lowest BCUT2D eigenvalue weighted by Crippen LogP contribution is -2.30. The van der Waals surface area contributed by atoms with Gasteiger partial charge in [-0.3, -0.25) is 4.79 Å². The minimum atomic E-state index is -0.499. The second-order valence-corrected chi connectivity index (χ2v) is 10.00. The summed E-state index contributed by atoms with van der Waals surface area (Å²) >= 11 is 25.3. The van der Waals surface area contributed by atoms with Crippen LogP contribution in [0.1, 0.15) is 18.1 Å². The van der Waals surface area contributed by atoms with Crippen molar-refractivity contribution >= 4 is 86.6 Å². The molecule has 0 saturated carbocycles. The number of rotatable bonds is 5. The second-order valence-electron chi connectivity index (χ2n) is 8.34. The Labute approximate surface area is 230 Å². The molecule has 0 bridgehead atoms. The van der Waals surface area contributed by atoms with E-state index in [1.165, 1.54) is 12.1 Å². The molecular formula is C26H23Cl4N5O. The van der Waals surface area contributed by atoms with Gasteiger partial charge in [0.2, 0.25) is 0 Å². The number of hydrogen-bond acceptors (Lipinski definition) is 5. The zero-order valence-electron chi connectivity index (χ0n) is 20.0. The number of anilines is 3. The summed E-state index contributed by atoms with van der Waals surface area (Å²) in [5.41, 5.74) is 4.46. The molecule has 1 N–H and O–H groups in total. The third kappa shape index (κ3) is 5.32. The molecule has 4 rings (SSSR count). The maximum Gasteiger partial charge on any atom is 0.301 e. The van der Waals surface area contributed by atoms with Gasteiger partial charge in [0.1, 0.15) is 5.69 Å². The van der Waals surface area contributed by atoms with E-state index in [9.17, 15) is 4.79 Å². The standard InChI is InChI=1S/C26H23Cl4N5O/c1-5-34(4)17-7-9-21(15(3)11-17)31-23-25(32-22-10-14(2)6-8-18(22)28)33-35(26(23)36)24-19(29)12-16(27)13-20(24)30/h6-13H,5H2,1-4H3,(H,32,33)/b31-23-. The summed E-state index contributed by atoms with van der Waals surface area (Å²) < 4.78 is 0. The molecule has 0 fully saturated rings. The van der Waals surface area contributed by atoms with Gasteiger partial charge in [-0.1, -0.05) is 52.5 Å². The van der Waals surface area contributed by atoms with Gasteiger partial charge in [0, 0.05) is 24.3 Å². The average Bonchev–Trinajstić information content (AvgIpc) is 3.11. The zero-order chi connectivity index (χ0) is 26.1. The average molecular weight is 563 g/mol. The molecule has 0 aromatic heterocycles. The lowest BCUT2D eigenvalue weighted by molar-refractivity contribution is -0.112. The molecule has 1 aliphatic heterocycles. The normalized spacial score (nSPS) is 14.4. The topological polar surface area (TPSA) is 60.3 Å². The summed E-state index contributed by atoms with van der Waals surface area (Å²) in [7, 11) is 2.01. The van der Waals surface area contributed by atoms with Crippen molar-refractivity contribution in [1.82, 2.24) is 0 Å². The van der Waals surface area contributed by atoms with Gasteiger partial charge in [-0.15, -0.1) is 5.10 Å². The SMILES string of the molecule is CCN(C)c1ccc(/N=C2\C(=O)N(c3c(Cl)cc(Cl)cc3Cl)N=C2Nc2cc(C)ccc2Cl)c(C)c1. The largest absolute Gasteiger partial charge is 0.375 e. The Morgan fingerprint density at radius 1 is 0.972 bits per heavy atom. The number of hydrogen-bond donors (Lipinski definition) is 1. The van der Waals surface area contributed by atoms with Crippen molar-refractivity contribution in [2.45, 2.75) is 20.8 Å². The van der Waals surface area contributed by atoms with Crippen LogP contribution < -0.4 is 15.2 Å². The summed E-state index contributed by atoms with van der Waals surface area (Å²) in [6, 6.07) is 14.4. The quantitative estimate of drug-likeness (QED) is 0.343. The Morgan fingerprint density at radius 3 is 2.31 bits per heavy atom. The van der Waals surface area contributed by atoms with Crippen LogP contribution in [0.25, 0.3) is 0 Å². The van der Waals surface area contributed by atoms with Crippen LogP contribution in [-0.4, -0.2) is 31.0 Å². The fourth-order valence-corrected chi connectivity index (χ4v) is 4.78. The number of halogens is 4. The van der Waals surface area contributed by atoms with Gasteiger partial charge in [0.25, 0.3) is 0 Å². The molecule has 0 saturated heterocycles. The van der Waals surface area contributed by atoms with Gasteiger partial charge in [0.15, 0.2) is 11.5 Å². The van der Waals surface area contributed by atoms with Crippen LogP contribution in [0.3, 0.4) is 0 Å². The van der Waals surface area contributed by atoms with Crippen LogP contribution in [0.4, 0.5) is 22.7 Å². The van der Waals surface area contributed by atoms with Crippen molar-refractivity contribution in [2.75, 3.05) is 28.8 Å². The van der Waals surface area contributed by atoms with E-state index in [1.807, 2.05) is 51.2 Å². The molecule has 6 nitrogen and oxygen atoms in total. The van der Waals surface area contributed by atoms with Crippen molar-refractivity contribution in [3.05, 3.63) is 79.7 Å². The van der Waals surface area contributed by atoms with E-state index in [-0.39, 0.29) is 27.3 Å². The zero-order valence-corrected chi connectivity index (χ0v) is 23.1. The predicted molar refractivity (Wildman–Crippen MR) is 153 cm³/mol. The Kier molecular flexibility index (Phi) is 7.81. The summed E-state index contributed by atoms with van der Waals surface area (Å²) in [6.45, 7) is 6.82. The van der Waals surface area contributed by atoms with E-state index in [1.54, 1.807) is 6.07 Å². The number of carbonyl (C=O) groups excluding carboxylic acids is 1. The number of benzene rings is 3. The molecule has 0 atom stereocenters. The predicted octanol–water partition coefficient (Wildman–Crippen LogP) is 7.92. The van der Waals surface area contributed by atoms with Crippen molar-refractivity contribution in [3.8, 4) is 0 Å². The first kappa shape index (κ1) is 26.3. The molecule has 0 spiro atoms. The van der Waals surface area contributed by atoms with Gasteiger partial charge in [0.05, 0.1) is 26.4 Å². The first-order chi connectivity index (χ1) is 17.1. The van der Waals surface area contributed by atoms with Gasteiger partial charge < -0.3 is 10.2 Å². The molecule has 0 radical (unpaired) electrons. The number of amides is 1. The van der Waals surface area contributed by atoms with Crippen molar-refractivity contribution in [1.29, 1.82) is 0 Å². The van der Waals surface area contributed by atoms with E-state index < -0.39 is 5.91 Å². The van der Waals surface area contributed by atoms with Gasteiger partial charge >= 0.3 is 5.91 Å². The molecular weight excluding hydrogens is 540 g/mol. The number of carbonyl (C=O) groups is 1. The second kappa shape index (κ2) is 10.7. The Balaban J connectivity index is 1.83. The molecule has 1 aliphatic rings. The molecule has 0 aliphatic carbocycles. The minimum Gasteiger partial charge on any atom is -0.375 e. The highest BCUT2D eigenvalue weighted by molar-refractivity contribution is 6.73. The Bertz CT molecular complexity index is 1400. The van der Waals surface area contributed by atoms with Crippen molar-refractivity contribution in [3.63, 3.8) is 0 Å². The van der Waals surface area contributed by atoms with Gasteiger partial charge in [-0.2, -0.15) is 5.01 Å². The minimum absolute atomic E-state index is 0.0920. The highest BCUT2D eigenvalue weighted by Crippen LogP contribution is 2.39. The number of amidine groups is 1. The molecule has 3 aromatic carbocycles. The van der Waals surface area contributed by atoms with E-state index in [2.05, 4.69) is 22.2 Å². The maximum absolute atomic E-state index is 13.6. The first-order valence-corrected chi connectivity index (χ1v) is 12.6. The van der Waals surface area contributed by atoms with Crippen LogP contribution >= 0.6 is 46.4 Å². The molecule has 10 heteroatoms. The lowest BCUT2D eigenvalue weighted by Gasteiger charge is -2.18. The van der Waals surface area contributed by atoms with E-state index >= 15 is 0 Å². The third-order valence-corrected chi connectivity index (χ3v) is 6.84. The first-order valence-electron chi connectivity index (χ1n) is 11.1. The maximum atomic E-state index is 13.6. The van der Waals surface area contributed by atoms with Crippen LogP contribution in [0.5, 0.6) is 0 Å². The molecule has 1 heterocycles. The molecule has 186 valence electrons. The molecule has 0 unspecified atom stereocenters. The Morgan fingerprint density at radius 2 is 1.67 bits per heavy atom. The van der Waals surface area contributed by atoms with E-state index in [0.717, 1.165) is 28.4 Å². The molecule has 1 amide bonds. The van der Waals surface area contributed by atoms with Crippen LogP contribution in [-0.2, 0) is 4.79 Å².